The van der Waals surface area contributed by atoms with Crippen molar-refractivity contribution in [1.29, 1.82) is 0 Å². The van der Waals surface area contributed by atoms with Gasteiger partial charge in [0.2, 0.25) is 5.91 Å². The van der Waals surface area contributed by atoms with Gasteiger partial charge in [-0.25, -0.2) is 0 Å². The van der Waals surface area contributed by atoms with Crippen molar-refractivity contribution in [3.63, 3.8) is 0 Å². The Bertz CT molecular complexity index is 280. The lowest BCUT2D eigenvalue weighted by molar-refractivity contribution is -0.127. The summed E-state index contributed by atoms with van der Waals surface area (Å²) in [6.07, 6.45) is 3.85. The fourth-order valence-electron chi connectivity index (χ4n) is 2.81. The van der Waals surface area contributed by atoms with Crippen LogP contribution in [0.25, 0.3) is 0 Å². The molecule has 2 rings (SSSR count). The third-order valence-corrected chi connectivity index (χ3v) is 4.37. The molecule has 0 bridgehead atoms. The maximum absolute atomic E-state index is 12.0. The van der Waals surface area contributed by atoms with Gasteiger partial charge in [-0.3, -0.25) is 4.79 Å². The van der Waals surface area contributed by atoms with Crippen molar-refractivity contribution in [1.82, 2.24) is 10.6 Å². The van der Waals surface area contributed by atoms with Gasteiger partial charge in [0, 0.05) is 12.5 Å². The third kappa shape index (κ3) is 3.21. The van der Waals surface area contributed by atoms with Gasteiger partial charge in [0.15, 0.2) is 0 Å². The predicted molar refractivity (Wildman–Crippen MR) is 69.7 cm³/mol. The molecule has 0 aromatic heterocycles. The molecule has 1 aliphatic heterocycles. The van der Waals surface area contributed by atoms with Crippen LogP contribution in [0.4, 0.5) is 0 Å². The van der Waals surface area contributed by atoms with Crippen molar-refractivity contribution in [3.05, 3.63) is 0 Å². The first-order valence-electron chi connectivity index (χ1n) is 7.01. The lowest BCUT2D eigenvalue weighted by atomic mass is 9.88. The molecule has 1 saturated heterocycles. The summed E-state index contributed by atoms with van der Waals surface area (Å²) >= 11 is 0. The highest BCUT2D eigenvalue weighted by atomic mass is 16.1. The van der Waals surface area contributed by atoms with Crippen LogP contribution in [0.15, 0.2) is 0 Å². The Labute approximate surface area is 105 Å². The molecule has 3 heteroatoms. The third-order valence-electron chi connectivity index (χ3n) is 4.37. The van der Waals surface area contributed by atoms with Crippen LogP contribution in [-0.4, -0.2) is 25.5 Å². The smallest absolute Gasteiger partial charge is 0.223 e. The molecule has 0 spiro atoms. The fraction of sp³-hybridized carbons (Fsp3) is 0.929. The Kier molecular flexibility index (Phi) is 3.76. The standard InChI is InChI=1S/C14H26N2O/c1-10(2)6-14(4-5-14)9-16-13(17)11(3)12-7-15-8-12/h10-12,15H,4-9H2,1-3H3,(H,16,17). The van der Waals surface area contributed by atoms with E-state index < -0.39 is 0 Å². The van der Waals surface area contributed by atoms with Crippen molar-refractivity contribution in [3.8, 4) is 0 Å². The average Bonchev–Trinajstić information content (AvgIpc) is 2.91. The van der Waals surface area contributed by atoms with E-state index in [-0.39, 0.29) is 11.8 Å². The van der Waals surface area contributed by atoms with Crippen LogP contribution in [0.2, 0.25) is 0 Å². The van der Waals surface area contributed by atoms with Gasteiger partial charge >= 0.3 is 0 Å². The first kappa shape index (κ1) is 12.9. The minimum Gasteiger partial charge on any atom is -0.355 e. The van der Waals surface area contributed by atoms with Crippen LogP contribution < -0.4 is 10.6 Å². The molecule has 1 amide bonds. The molecule has 0 aromatic carbocycles. The van der Waals surface area contributed by atoms with Gasteiger partial charge in [-0.1, -0.05) is 20.8 Å². The van der Waals surface area contributed by atoms with Crippen LogP contribution in [0, 0.1) is 23.2 Å². The predicted octanol–water partition coefficient (Wildman–Crippen LogP) is 1.78. The lowest BCUT2D eigenvalue weighted by Gasteiger charge is -2.32. The number of rotatable bonds is 6. The largest absolute Gasteiger partial charge is 0.355 e. The molecule has 0 aromatic rings. The summed E-state index contributed by atoms with van der Waals surface area (Å²) in [6, 6.07) is 0. The van der Waals surface area contributed by atoms with Crippen LogP contribution in [-0.2, 0) is 4.79 Å². The van der Waals surface area contributed by atoms with E-state index in [9.17, 15) is 4.79 Å². The molecule has 17 heavy (non-hydrogen) atoms. The average molecular weight is 238 g/mol. The molecule has 1 aliphatic carbocycles. The lowest BCUT2D eigenvalue weighted by Crippen LogP contribution is -2.50. The van der Waals surface area contributed by atoms with Gasteiger partial charge in [-0.2, -0.15) is 0 Å². The highest BCUT2D eigenvalue weighted by molar-refractivity contribution is 5.78. The Morgan fingerprint density at radius 2 is 2.00 bits per heavy atom. The second-order valence-electron chi connectivity index (χ2n) is 6.52. The van der Waals surface area contributed by atoms with Crippen molar-refractivity contribution in [2.45, 2.75) is 40.0 Å². The highest BCUT2D eigenvalue weighted by Gasteiger charge is 2.43. The summed E-state index contributed by atoms with van der Waals surface area (Å²) in [4.78, 5) is 12.0. The maximum atomic E-state index is 12.0. The molecule has 1 atom stereocenters. The minimum absolute atomic E-state index is 0.172. The van der Waals surface area contributed by atoms with Gasteiger partial charge < -0.3 is 10.6 Å². The van der Waals surface area contributed by atoms with E-state index in [1.54, 1.807) is 0 Å². The van der Waals surface area contributed by atoms with Gasteiger partial charge in [0.05, 0.1) is 0 Å². The van der Waals surface area contributed by atoms with Gasteiger partial charge in [0.25, 0.3) is 0 Å². The first-order valence-corrected chi connectivity index (χ1v) is 7.01. The Morgan fingerprint density at radius 3 is 2.41 bits per heavy atom. The van der Waals surface area contributed by atoms with Crippen molar-refractivity contribution in [2.75, 3.05) is 19.6 Å². The number of carbonyl (C=O) groups is 1. The summed E-state index contributed by atoms with van der Waals surface area (Å²) < 4.78 is 0. The second kappa shape index (κ2) is 4.97. The Balaban J connectivity index is 1.72. The summed E-state index contributed by atoms with van der Waals surface area (Å²) in [5.41, 5.74) is 0.446. The van der Waals surface area contributed by atoms with Crippen LogP contribution in [0.5, 0.6) is 0 Å². The molecule has 0 radical (unpaired) electrons. The quantitative estimate of drug-likeness (QED) is 0.740. The van der Waals surface area contributed by atoms with Crippen molar-refractivity contribution < 1.29 is 4.79 Å². The monoisotopic (exact) mass is 238 g/mol. The van der Waals surface area contributed by atoms with E-state index in [0.29, 0.717) is 11.3 Å². The highest BCUT2D eigenvalue weighted by Crippen LogP contribution is 2.50. The maximum Gasteiger partial charge on any atom is 0.223 e. The number of hydrogen-bond acceptors (Lipinski definition) is 2. The van der Waals surface area contributed by atoms with Crippen molar-refractivity contribution >= 4 is 5.91 Å². The summed E-state index contributed by atoms with van der Waals surface area (Å²) in [5.74, 6) is 1.72. The Morgan fingerprint density at radius 1 is 1.35 bits per heavy atom. The van der Waals surface area contributed by atoms with Gasteiger partial charge in [0.1, 0.15) is 0 Å². The van der Waals surface area contributed by atoms with Crippen molar-refractivity contribution in [2.24, 2.45) is 23.2 Å². The molecule has 1 unspecified atom stereocenters. The van der Waals surface area contributed by atoms with E-state index in [2.05, 4.69) is 31.4 Å². The van der Waals surface area contributed by atoms with Gasteiger partial charge in [-0.05, 0) is 49.6 Å². The zero-order valence-corrected chi connectivity index (χ0v) is 11.4. The molecule has 2 fully saturated rings. The number of amides is 1. The zero-order valence-electron chi connectivity index (χ0n) is 11.4. The molecule has 1 heterocycles. The Hall–Kier alpha value is -0.570. The molecule has 3 nitrogen and oxygen atoms in total. The van der Waals surface area contributed by atoms with Gasteiger partial charge in [-0.15, -0.1) is 0 Å². The van der Waals surface area contributed by atoms with E-state index in [1.807, 2.05) is 0 Å². The number of nitrogens with one attached hydrogen (secondary N) is 2. The molecular formula is C14H26N2O. The normalized spacial score (nSPS) is 24.2. The topological polar surface area (TPSA) is 41.1 Å². The van der Waals surface area contributed by atoms with Crippen LogP contribution >= 0.6 is 0 Å². The van der Waals surface area contributed by atoms with Crippen LogP contribution in [0.1, 0.15) is 40.0 Å². The second-order valence-corrected chi connectivity index (χ2v) is 6.52. The first-order chi connectivity index (χ1) is 8.02. The zero-order chi connectivity index (χ0) is 12.5. The van der Waals surface area contributed by atoms with E-state index in [4.69, 9.17) is 0 Å². The summed E-state index contributed by atoms with van der Waals surface area (Å²) in [6.45, 7) is 9.50. The van der Waals surface area contributed by atoms with Crippen LogP contribution in [0.3, 0.4) is 0 Å². The molecule has 2 N–H and O–H groups in total. The SMILES string of the molecule is CC(C)CC1(CNC(=O)C(C)C2CNC2)CC1. The molecule has 1 saturated carbocycles. The molecular weight excluding hydrogens is 212 g/mol. The number of hydrogen-bond donors (Lipinski definition) is 2. The van der Waals surface area contributed by atoms with E-state index in [1.165, 1.54) is 19.3 Å². The fourth-order valence-corrected chi connectivity index (χ4v) is 2.81. The summed E-state index contributed by atoms with van der Waals surface area (Å²) in [7, 11) is 0. The summed E-state index contributed by atoms with van der Waals surface area (Å²) in [5, 5.41) is 6.40. The molecule has 2 aliphatic rings. The number of carbonyl (C=O) groups excluding carboxylic acids is 1. The van der Waals surface area contributed by atoms with E-state index in [0.717, 1.165) is 25.6 Å². The van der Waals surface area contributed by atoms with E-state index >= 15 is 0 Å². The minimum atomic E-state index is 0.172. The molecule has 98 valence electrons.